The van der Waals surface area contributed by atoms with Gasteiger partial charge in [-0.3, -0.25) is 5.32 Å². The molecule has 3 aromatic rings. The Morgan fingerprint density at radius 2 is 1.29 bits per heavy atom. The van der Waals surface area contributed by atoms with Gasteiger partial charge in [0.1, 0.15) is 5.75 Å². The lowest BCUT2D eigenvalue weighted by Crippen LogP contribution is -2.15. The number of aryl methyl sites for hydroxylation is 2. The minimum absolute atomic E-state index is 0.168. The van der Waals surface area contributed by atoms with Crippen molar-refractivity contribution in [3.63, 3.8) is 0 Å². The van der Waals surface area contributed by atoms with Gasteiger partial charge in [0.15, 0.2) is 0 Å². The van der Waals surface area contributed by atoms with Gasteiger partial charge in [-0.05, 0) is 58.0 Å². The summed E-state index contributed by atoms with van der Waals surface area (Å²) in [5.41, 5.74) is 2.55. The van der Waals surface area contributed by atoms with Crippen LogP contribution in [0, 0.1) is 13.8 Å². The predicted octanol–water partition coefficient (Wildman–Crippen LogP) is 3.59. The summed E-state index contributed by atoms with van der Waals surface area (Å²) in [6, 6.07) is 9.57. The van der Waals surface area contributed by atoms with Gasteiger partial charge in [-0.1, -0.05) is 0 Å². The summed E-state index contributed by atoms with van der Waals surface area (Å²) < 4.78 is 5.18. The van der Waals surface area contributed by atoms with E-state index in [0.29, 0.717) is 23.8 Å². The first-order valence-corrected chi connectivity index (χ1v) is 8.94. The first-order chi connectivity index (χ1) is 13.4. The Kier molecular flexibility index (Phi) is 5.83. The van der Waals surface area contributed by atoms with E-state index < -0.39 is 0 Å². The van der Waals surface area contributed by atoms with Crippen LogP contribution in [0.2, 0.25) is 0 Å². The summed E-state index contributed by atoms with van der Waals surface area (Å²) in [5.74, 6) is 2.41. The highest BCUT2D eigenvalue weighted by atomic mass is 16.5. The highest BCUT2D eigenvalue weighted by Crippen LogP contribution is 2.20. The molecule has 0 saturated heterocycles. The van der Waals surface area contributed by atoms with Crippen LogP contribution in [0.15, 0.2) is 30.3 Å². The van der Waals surface area contributed by atoms with Crippen LogP contribution in [0.3, 0.4) is 0 Å². The molecule has 0 unspecified atom stereocenters. The van der Waals surface area contributed by atoms with Gasteiger partial charge in [-0.15, -0.1) is 0 Å². The van der Waals surface area contributed by atoms with Gasteiger partial charge in [0.2, 0.25) is 23.8 Å². The molecule has 0 spiro atoms. The lowest BCUT2D eigenvalue weighted by atomic mass is 10.3. The van der Waals surface area contributed by atoms with Gasteiger partial charge in [0, 0.05) is 23.1 Å². The second-order valence-corrected chi connectivity index (χ2v) is 6.56. The van der Waals surface area contributed by atoms with E-state index >= 15 is 0 Å². The van der Waals surface area contributed by atoms with E-state index in [1.807, 2.05) is 58.0 Å². The van der Waals surface area contributed by atoms with Gasteiger partial charge < -0.3 is 15.4 Å². The van der Waals surface area contributed by atoms with E-state index in [1.165, 1.54) is 0 Å². The third-order valence-electron chi connectivity index (χ3n) is 3.61. The zero-order chi connectivity index (χ0) is 20.1. The summed E-state index contributed by atoms with van der Waals surface area (Å²) in [4.78, 5) is 22.0. The highest BCUT2D eigenvalue weighted by Gasteiger charge is 2.10. The summed E-state index contributed by atoms with van der Waals surface area (Å²) in [6.45, 7) is 7.85. The molecule has 0 atom stereocenters. The van der Waals surface area contributed by atoms with Gasteiger partial charge in [0.25, 0.3) is 0 Å². The molecule has 2 heterocycles. The van der Waals surface area contributed by atoms with Crippen LogP contribution in [-0.2, 0) is 0 Å². The van der Waals surface area contributed by atoms with Crippen molar-refractivity contribution in [1.29, 1.82) is 0 Å². The number of aromatic nitrogens is 5. The van der Waals surface area contributed by atoms with Crippen LogP contribution in [0.5, 0.6) is 5.75 Å². The maximum atomic E-state index is 5.18. The molecular weight excluding hydrogens is 356 g/mol. The zero-order valence-electron chi connectivity index (χ0n) is 16.6. The topological polar surface area (TPSA) is 110 Å². The number of rotatable bonds is 7. The summed E-state index contributed by atoms with van der Waals surface area (Å²) in [6.07, 6.45) is 0. The molecule has 1 aromatic carbocycles. The molecule has 146 valence electrons. The van der Waals surface area contributed by atoms with Crippen LogP contribution < -0.4 is 20.7 Å². The van der Waals surface area contributed by atoms with Crippen molar-refractivity contribution in [2.45, 2.75) is 33.7 Å². The number of nitrogens with one attached hydrogen (secondary N) is 3. The summed E-state index contributed by atoms with van der Waals surface area (Å²) in [7, 11) is 1.63. The maximum Gasteiger partial charge on any atom is 0.236 e. The zero-order valence-corrected chi connectivity index (χ0v) is 16.6. The molecule has 9 nitrogen and oxygen atoms in total. The molecule has 0 aliphatic rings. The number of benzene rings is 1. The Labute approximate surface area is 164 Å². The summed E-state index contributed by atoms with van der Waals surface area (Å²) in [5, 5.41) is 9.43. The van der Waals surface area contributed by atoms with Crippen LogP contribution >= 0.6 is 0 Å². The fourth-order valence-corrected chi connectivity index (χ4v) is 2.50. The quantitative estimate of drug-likeness (QED) is 0.566. The number of nitrogens with zero attached hydrogens (tertiary/aromatic N) is 5. The Balaban J connectivity index is 1.89. The molecule has 3 N–H and O–H groups in total. The van der Waals surface area contributed by atoms with Crippen molar-refractivity contribution in [2.24, 2.45) is 0 Å². The van der Waals surface area contributed by atoms with E-state index in [0.717, 1.165) is 22.8 Å². The molecule has 0 fully saturated rings. The number of ether oxygens (including phenoxy) is 1. The van der Waals surface area contributed by atoms with Crippen LogP contribution in [-0.4, -0.2) is 38.1 Å². The largest absolute Gasteiger partial charge is 0.497 e. The molecule has 0 amide bonds. The third-order valence-corrected chi connectivity index (χ3v) is 3.61. The minimum atomic E-state index is 0.168. The first kappa shape index (κ1) is 19.3. The summed E-state index contributed by atoms with van der Waals surface area (Å²) >= 11 is 0. The van der Waals surface area contributed by atoms with E-state index in [-0.39, 0.29) is 6.04 Å². The molecule has 0 aliphatic heterocycles. The molecule has 2 aromatic heterocycles. The van der Waals surface area contributed by atoms with Crippen LogP contribution in [0.1, 0.15) is 25.2 Å². The molecule has 0 saturated carbocycles. The normalized spacial score (nSPS) is 10.6. The standard InChI is InChI=1S/C19H24N8O/c1-11(2)20-16-24-18(23-14-6-8-15(28-5)9-7-14)27-19(25-16)26-17-21-12(3)10-13(4)22-17/h6-11H,1-5H3,(H3,20,21,22,23,24,25,26,27). The lowest BCUT2D eigenvalue weighted by Gasteiger charge is -2.13. The van der Waals surface area contributed by atoms with Crippen molar-refractivity contribution in [2.75, 3.05) is 23.1 Å². The predicted molar refractivity (Wildman–Crippen MR) is 110 cm³/mol. The maximum absolute atomic E-state index is 5.18. The number of hydrogen-bond acceptors (Lipinski definition) is 9. The van der Waals surface area contributed by atoms with Crippen LogP contribution in [0.4, 0.5) is 29.5 Å². The van der Waals surface area contributed by atoms with E-state index in [1.54, 1.807) is 7.11 Å². The Bertz CT molecular complexity index is 923. The average Bonchev–Trinajstić information content (AvgIpc) is 2.60. The van der Waals surface area contributed by atoms with Gasteiger partial charge in [-0.2, -0.15) is 15.0 Å². The van der Waals surface area contributed by atoms with E-state index in [2.05, 4.69) is 40.9 Å². The lowest BCUT2D eigenvalue weighted by molar-refractivity contribution is 0.415. The Hall–Kier alpha value is -3.49. The minimum Gasteiger partial charge on any atom is -0.497 e. The number of methoxy groups -OCH3 is 1. The second kappa shape index (κ2) is 8.47. The van der Waals surface area contributed by atoms with Crippen molar-refractivity contribution in [3.05, 3.63) is 41.7 Å². The SMILES string of the molecule is COc1ccc(Nc2nc(Nc3nc(C)cc(C)n3)nc(NC(C)C)n2)cc1. The van der Waals surface area contributed by atoms with Crippen molar-refractivity contribution < 1.29 is 4.74 Å². The van der Waals surface area contributed by atoms with Crippen LogP contribution in [0.25, 0.3) is 0 Å². The molecule has 0 radical (unpaired) electrons. The molecule has 28 heavy (non-hydrogen) atoms. The van der Waals surface area contributed by atoms with Crippen molar-refractivity contribution in [3.8, 4) is 5.75 Å². The van der Waals surface area contributed by atoms with E-state index in [9.17, 15) is 0 Å². The average molecular weight is 380 g/mol. The van der Waals surface area contributed by atoms with Gasteiger partial charge in [0.05, 0.1) is 7.11 Å². The molecule has 3 rings (SSSR count). The highest BCUT2D eigenvalue weighted by molar-refractivity contribution is 5.58. The second-order valence-electron chi connectivity index (χ2n) is 6.56. The molecule has 0 aliphatic carbocycles. The van der Waals surface area contributed by atoms with Crippen molar-refractivity contribution in [1.82, 2.24) is 24.9 Å². The Morgan fingerprint density at radius 3 is 1.86 bits per heavy atom. The monoisotopic (exact) mass is 380 g/mol. The molecule has 0 bridgehead atoms. The number of hydrogen-bond donors (Lipinski definition) is 3. The van der Waals surface area contributed by atoms with Gasteiger partial charge in [-0.25, -0.2) is 9.97 Å². The first-order valence-electron chi connectivity index (χ1n) is 8.94. The third kappa shape index (κ3) is 5.26. The Morgan fingerprint density at radius 1 is 0.750 bits per heavy atom. The fourth-order valence-electron chi connectivity index (χ4n) is 2.50. The van der Waals surface area contributed by atoms with Crippen molar-refractivity contribution >= 4 is 29.5 Å². The molecular formula is C19H24N8O. The van der Waals surface area contributed by atoms with Gasteiger partial charge >= 0.3 is 0 Å². The smallest absolute Gasteiger partial charge is 0.236 e. The number of anilines is 5. The molecule has 9 heteroatoms. The van der Waals surface area contributed by atoms with E-state index in [4.69, 9.17) is 4.74 Å². The fraction of sp³-hybridized carbons (Fsp3) is 0.316.